The average molecular weight is 352 g/mol. The van der Waals surface area contributed by atoms with Crippen molar-refractivity contribution in [3.05, 3.63) is 34.2 Å². The zero-order valence-electron chi connectivity index (χ0n) is 9.13. The lowest BCUT2D eigenvalue weighted by atomic mass is 10.4. The number of aromatic nitrogens is 3. The first kappa shape index (κ1) is 13.3. The Balaban J connectivity index is 2.34. The van der Waals surface area contributed by atoms with Crippen molar-refractivity contribution >= 4 is 43.2 Å². The molecule has 0 aromatic carbocycles. The molecular formula is C9H8BrClN4O2S. The van der Waals surface area contributed by atoms with Crippen LogP contribution in [0.3, 0.4) is 0 Å². The van der Waals surface area contributed by atoms with Crippen molar-refractivity contribution in [1.29, 1.82) is 0 Å². The Kier molecular flexibility index (Phi) is 3.60. The second-order valence-corrected chi connectivity index (χ2v) is 6.24. The first-order valence-electron chi connectivity index (χ1n) is 4.72. The summed E-state index contributed by atoms with van der Waals surface area (Å²) in [6.07, 6.45) is 2.74. The molecular weight excluding hydrogens is 344 g/mol. The van der Waals surface area contributed by atoms with Crippen LogP contribution in [0, 0.1) is 0 Å². The summed E-state index contributed by atoms with van der Waals surface area (Å²) in [6, 6.07) is 2.93. The van der Waals surface area contributed by atoms with E-state index in [9.17, 15) is 8.42 Å². The van der Waals surface area contributed by atoms with Gasteiger partial charge in [-0.3, -0.25) is 9.40 Å². The van der Waals surface area contributed by atoms with Gasteiger partial charge in [-0.15, -0.1) is 0 Å². The lowest BCUT2D eigenvalue weighted by Gasteiger charge is -2.08. The molecule has 0 aliphatic heterocycles. The number of halogens is 2. The molecule has 0 saturated heterocycles. The normalized spacial score (nSPS) is 11.5. The Morgan fingerprint density at radius 2 is 2.22 bits per heavy atom. The molecule has 9 heteroatoms. The molecule has 0 atom stereocenters. The van der Waals surface area contributed by atoms with Gasteiger partial charge in [-0.05, 0) is 28.1 Å². The van der Waals surface area contributed by atoms with Gasteiger partial charge in [0.1, 0.15) is 5.15 Å². The first-order chi connectivity index (χ1) is 8.40. The van der Waals surface area contributed by atoms with E-state index in [1.54, 1.807) is 7.05 Å². The van der Waals surface area contributed by atoms with Gasteiger partial charge in [0, 0.05) is 7.05 Å². The van der Waals surface area contributed by atoms with Gasteiger partial charge >= 0.3 is 0 Å². The molecule has 2 aromatic rings. The molecule has 6 nitrogen and oxygen atoms in total. The Labute approximate surface area is 117 Å². The summed E-state index contributed by atoms with van der Waals surface area (Å²) in [5.41, 5.74) is 0.312. The zero-order valence-corrected chi connectivity index (χ0v) is 12.3. The number of hydrogen-bond acceptors (Lipinski definition) is 4. The third-order valence-electron chi connectivity index (χ3n) is 2.10. The number of aryl methyl sites for hydroxylation is 1. The molecule has 2 rings (SSSR count). The van der Waals surface area contributed by atoms with Gasteiger partial charge in [-0.2, -0.15) is 13.5 Å². The van der Waals surface area contributed by atoms with Crippen LogP contribution in [0.2, 0.25) is 5.15 Å². The van der Waals surface area contributed by atoms with E-state index < -0.39 is 10.0 Å². The van der Waals surface area contributed by atoms with Crippen LogP contribution in [0.5, 0.6) is 0 Å². The van der Waals surface area contributed by atoms with Gasteiger partial charge in [0.15, 0.2) is 5.03 Å². The summed E-state index contributed by atoms with van der Waals surface area (Å²) in [7, 11) is -2.14. The maximum atomic E-state index is 12.0. The molecule has 2 aromatic heterocycles. The molecule has 0 spiro atoms. The largest absolute Gasteiger partial charge is 0.279 e. The number of sulfonamides is 1. The molecule has 0 aliphatic carbocycles. The summed E-state index contributed by atoms with van der Waals surface area (Å²) < 4.78 is 28.2. The zero-order chi connectivity index (χ0) is 13.3. The molecule has 1 N–H and O–H groups in total. The van der Waals surface area contributed by atoms with Gasteiger partial charge < -0.3 is 0 Å². The Bertz CT molecular complexity index is 686. The van der Waals surface area contributed by atoms with Gasteiger partial charge in [0.25, 0.3) is 10.0 Å². The van der Waals surface area contributed by atoms with E-state index in [1.165, 1.54) is 29.2 Å². The summed E-state index contributed by atoms with van der Waals surface area (Å²) in [5.74, 6) is 0. The van der Waals surface area contributed by atoms with Crippen LogP contribution < -0.4 is 4.72 Å². The van der Waals surface area contributed by atoms with E-state index in [0.29, 0.717) is 10.2 Å². The average Bonchev–Trinajstić information content (AvgIpc) is 2.70. The minimum absolute atomic E-state index is 0.0635. The van der Waals surface area contributed by atoms with Crippen LogP contribution >= 0.6 is 27.5 Å². The molecule has 2 heterocycles. The van der Waals surface area contributed by atoms with Crippen LogP contribution in [0.1, 0.15) is 0 Å². The highest BCUT2D eigenvalue weighted by Crippen LogP contribution is 2.24. The van der Waals surface area contributed by atoms with Crippen LogP contribution in [-0.2, 0) is 17.1 Å². The topological polar surface area (TPSA) is 76.9 Å². The predicted molar refractivity (Wildman–Crippen MR) is 71.0 cm³/mol. The van der Waals surface area contributed by atoms with Crippen molar-refractivity contribution in [2.45, 2.75) is 5.03 Å². The SMILES string of the molecule is Cn1nccc1S(=O)(=O)Nc1cnc(Cl)c(Br)c1. The molecule has 0 fully saturated rings. The fourth-order valence-corrected chi connectivity index (χ4v) is 2.92. The number of hydrogen-bond donors (Lipinski definition) is 1. The van der Waals surface area contributed by atoms with Gasteiger partial charge in [-0.25, -0.2) is 4.98 Å². The number of pyridine rings is 1. The summed E-state index contributed by atoms with van der Waals surface area (Å²) in [4.78, 5) is 3.84. The Hall–Kier alpha value is -1.12. The molecule has 0 saturated carbocycles. The molecule has 0 unspecified atom stereocenters. The van der Waals surface area contributed by atoms with Gasteiger partial charge in [-0.1, -0.05) is 11.6 Å². The van der Waals surface area contributed by atoms with E-state index in [0.717, 1.165) is 0 Å². The third-order valence-corrected chi connectivity index (χ3v) is 4.69. The number of rotatable bonds is 3. The highest BCUT2D eigenvalue weighted by atomic mass is 79.9. The maximum absolute atomic E-state index is 12.0. The molecule has 0 radical (unpaired) electrons. The quantitative estimate of drug-likeness (QED) is 0.858. The lowest BCUT2D eigenvalue weighted by Crippen LogP contribution is -2.16. The van der Waals surface area contributed by atoms with Crippen LogP contribution in [0.25, 0.3) is 0 Å². The van der Waals surface area contributed by atoms with Crippen molar-refractivity contribution < 1.29 is 8.42 Å². The molecule has 18 heavy (non-hydrogen) atoms. The lowest BCUT2D eigenvalue weighted by molar-refractivity contribution is 0.582. The van der Waals surface area contributed by atoms with Crippen molar-refractivity contribution in [1.82, 2.24) is 14.8 Å². The fraction of sp³-hybridized carbons (Fsp3) is 0.111. The van der Waals surface area contributed by atoms with E-state index >= 15 is 0 Å². The summed E-state index contributed by atoms with van der Waals surface area (Å²) >= 11 is 8.90. The van der Waals surface area contributed by atoms with Crippen LogP contribution in [-0.4, -0.2) is 23.2 Å². The highest BCUT2D eigenvalue weighted by molar-refractivity contribution is 9.10. The maximum Gasteiger partial charge on any atom is 0.279 e. The smallest absolute Gasteiger partial charge is 0.277 e. The van der Waals surface area contributed by atoms with Gasteiger partial charge in [0.2, 0.25) is 0 Å². The molecule has 0 bridgehead atoms. The van der Waals surface area contributed by atoms with Gasteiger partial charge in [0.05, 0.1) is 22.6 Å². The fourth-order valence-electron chi connectivity index (χ4n) is 1.31. The van der Waals surface area contributed by atoms with Crippen LogP contribution in [0.15, 0.2) is 34.0 Å². The molecule has 96 valence electrons. The number of anilines is 1. The molecule has 0 aliphatic rings. The van der Waals surface area contributed by atoms with Crippen molar-refractivity contribution in [2.24, 2.45) is 7.05 Å². The number of nitrogens with zero attached hydrogens (tertiary/aromatic N) is 3. The van der Waals surface area contributed by atoms with Crippen molar-refractivity contribution in [2.75, 3.05) is 4.72 Å². The standard InChI is InChI=1S/C9H8BrClN4O2S/c1-15-8(2-3-13-15)18(16,17)14-6-4-7(10)9(11)12-5-6/h2-5,14H,1H3. The van der Waals surface area contributed by atoms with E-state index in [1.807, 2.05) is 0 Å². The monoisotopic (exact) mass is 350 g/mol. The summed E-state index contributed by atoms with van der Waals surface area (Å²) in [5, 5.41) is 4.13. The predicted octanol–water partition coefficient (Wildman–Crippen LogP) is 2.03. The number of nitrogens with one attached hydrogen (secondary N) is 1. The van der Waals surface area contributed by atoms with Crippen LogP contribution in [0.4, 0.5) is 5.69 Å². The van der Waals surface area contributed by atoms with E-state index in [2.05, 4.69) is 30.7 Å². The molecule has 0 amide bonds. The van der Waals surface area contributed by atoms with E-state index in [-0.39, 0.29) is 10.2 Å². The van der Waals surface area contributed by atoms with E-state index in [4.69, 9.17) is 11.6 Å². The van der Waals surface area contributed by atoms with Crippen molar-refractivity contribution in [3.8, 4) is 0 Å². The third kappa shape index (κ3) is 2.65. The summed E-state index contributed by atoms with van der Waals surface area (Å²) in [6.45, 7) is 0. The first-order valence-corrected chi connectivity index (χ1v) is 7.37. The van der Waals surface area contributed by atoms with Crippen molar-refractivity contribution in [3.63, 3.8) is 0 Å². The minimum atomic E-state index is -3.68. The second kappa shape index (κ2) is 4.87. The second-order valence-electron chi connectivity index (χ2n) is 3.40. The highest BCUT2D eigenvalue weighted by Gasteiger charge is 2.18. The Morgan fingerprint density at radius 3 is 2.78 bits per heavy atom. The Morgan fingerprint density at radius 1 is 1.50 bits per heavy atom. The minimum Gasteiger partial charge on any atom is -0.277 e.